The third-order valence-electron chi connectivity index (χ3n) is 6.41. The maximum Gasteiger partial charge on any atom is 0.407 e. The molecule has 0 aromatic heterocycles. The van der Waals surface area contributed by atoms with Gasteiger partial charge in [-0.15, -0.1) is 11.8 Å². The van der Waals surface area contributed by atoms with Crippen molar-refractivity contribution in [3.8, 4) is 23.0 Å². The van der Waals surface area contributed by atoms with Gasteiger partial charge >= 0.3 is 12.1 Å². The van der Waals surface area contributed by atoms with E-state index in [2.05, 4.69) is 22.5 Å². The van der Waals surface area contributed by atoms with Gasteiger partial charge in [-0.1, -0.05) is 62.4 Å². The minimum Gasteiger partial charge on any atom is -0.480 e. The normalized spacial score (nSPS) is 13.0. The van der Waals surface area contributed by atoms with Gasteiger partial charge in [0, 0.05) is 12.3 Å². The number of hydrogen-bond donors (Lipinski definition) is 3. The van der Waals surface area contributed by atoms with E-state index in [1.165, 1.54) is 0 Å². The zero-order chi connectivity index (χ0) is 24.7. The van der Waals surface area contributed by atoms with E-state index in [1.54, 1.807) is 20.8 Å². The average molecular weight is 463 g/mol. The van der Waals surface area contributed by atoms with Crippen molar-refractivity contribution >= 4 is 18.0 Å². The highest BCUT2D eigenvalue weighted by atomic mass is 16.5. The van der Waals surface area contributed by atoms with Gasteiger partial charge in [0.05, 0.1) is 0 Å². The van der Waals surface area contributed by atoms with E-state index < -0.39 is 29.6 Å². The van der Waals surface area contributed by atoms with Crippen LogP contribution < -0.4 is 10.6 Å². The van der Waals surface area contributed by atoms with Crippen LogP contribution in [0.4, 0.5) is 4.79 Å². The highest BCUT2D eigenvalue weighted by Gasteiger charge is 2.38. The molecule has 2 amide bonds. The number of carbonyl (C=O) groups excluding carboxylic acids is 2. The summed E-state index contributed by atoms with van der Waals surface area (Å²) >= 11 is 0. The third kappa shape index (κ3) is 5.07. The summed E-state index contributed by atoms with van der Waals surface area (Å²) in [5, 5.41) is 14.8. The van der Waals surface area contributed by atoms with Crippen molar-refractivity contribution in [1.82, 2.24) is 10.6 Å². The fourth-order valence-electron chi connectivity index (χ4n) is 4.30. The summed E-state index contributed by atoms with van der Waals surface area (Å²) in [5.74, 6) is 3.64. The summed E-state index contributed by atoms with van der Waals surface area (Å²) in [4.78, 5) is 37.3. The number of ether oxygens (including phenoxy) is 1. The Labute approximate surface area is 199 Å². The van der Waals surface area contributed by atoms with E-state index in [1.807, 2.05) is 48.5 Å². The minimum atomic E-state index is -1.40. The topological polar surface area (TPSA) is 105 Å². The number of carboxylic acids is 1. The number of carboxylic acid groups (broad SMARTS) is 1. The SMILES string of the molecule is CC#CCC(NC(=O)OCC1c2ccccc2-c2ccccc21)C(=O)NC(CC)(CC)C(=O)O. The largest absolute Gasteiger partial charge is 0.480 e. The molecule has 2 aromatic rings. The Morgan fingerprint density at radius 3 is 2.09 bits per heavy atom. The summed E-state index contributed by atoms with van der Waals surface area (Å²) in [5.41, 5.74) is 3.00. The summed E-state index contributed by atoms with van der Waals surface area (Å²) in [7, 11) is 0. The Hall–Kier alpha value is -3.79. The molecular formula is C27H30N2O5. The Bertz CT molecular complexity index is 1080. The van der Waals surface area contributed by atoms with Crippen LogP contribution in [0.15, 0.2) is 48.5 Å². The molecule has 1 aliphatic rings. The predicted molar refractivity (Wildman–Crippen MR) is 129 cm³/mol. The van der Waals surface area contributed by atoms with E-state index in [0.717, 1.165) is 22.3 Å². The van der Waals surface area contributed by atoms with Crippen LogP contribution in [0.25, 0.3) is 11.1 Å². The lowest BCUT2D eigenvalue weighted by Gasteiger charge is -2.30. The molecule has 7 heteroatoms. The molecule has 1 unspecified atom stereocenters. The van der Waals surface area contributed by atoms with Crippen molar-refractivity contribution in [1.29, 1.82) is 0 Å². The van der Waals surface area contributed by atoms with Gasteiger partial charge in [0.25, 0.3) is 0 Å². The number of alkyl carbamates (subject to hydrolysis) is 1. The van der Waals surface area contributed by atoms with Crippen molar-refractivity contribution in [2.45, 2.75) is 57.5 Å². The van der Waals surface area contributed by atoms with Crippen LogP contribution in [0.2, 0.25) is 0 Å². The van der Waals surface area contributed by atoms with Crippen LogP contribution in [0.5, 0.6) is 0 Å². The number of benzene rings is 2. The average Bonchev–Trinajstić information content (AvgIpc) is 3.17. The van der Waals surface area contributed by atoms with Crippen molar-refractivity contribution < 1.29 is 24.2 Å². The van der Waals surface area contributed by atoms with Crippen LogP contribution in [0, 0.1) is 11.8 Å². The van der Waals surface area contributed by atoms with Gasteiger partial charge in [0.15, 0.2) is 0 Å². The smallest absolute Gasteiger partial charge is 0.407 e. The fraction of sp³-hybridized carbons (Fsp3) is 0.370. The molecule has 3 N–H and O–H groups in total. The van der Waals surface area contributed by atoms with Gasteiger partial charge in [0.1, 0.15) is 18.2 Å². The monoisotopic (exact) mass is 462 g/mol. The molecule has 0 aliphatic heterocycles. The van der Waals surface area contributed by atoms with Gasteiger partial charge in [0.2, 0.25) is 5.91 Å². The van der Waals surface area contributed by atoms with Crippen LogP contribution in [-0.2, 0) is 14.3 Å². The number of fused-ring (bicyclic) bond motifs is 3. The maximum atomic E-state index is 12.9. The van der Waals surface area contributed by atoms with Gasteiger partial charge in [-0.3, -0.25) is 4.79 Å². The quantitative estimate of drug-likeness (QED) is 0.488. The zero-order valence-electron chi connectivity index (χ0n) is 19.7. The molecule has 0 saturated carbocycles. The molecule has 1 atom stereocenters. The predicted octanol–water partition coefficient (Wildman–Crippen LogP) is 4.07. The fourth-order valence-corrected chi connectivity index (χ4v) is 4.30. The molecule has 0 spiro atoms. The molecule has 3 rings (SSSR count). The first-order chi connectivity index (χ1) is 16.4. The van der Waals surface area contributed by atoms with E-state index in [0.29, 0.717) is 0 Å². The van der Waals surface area contributed by atoms with Crippen LogP contribution in [-0.4, -0.2) is 41.3 Å². The van der Waals surface area contributed by atoms with Crippen LogP contribution >= 0.6 is 0 Å². The maximum absolute atomic E-state index is 12.9. The van der Waals surface area contributed by atoms with E-state index >= 15 is 0 Å². The lowest BCUT2D eigenvalue weighted by molar-refractivity contribution is -0.148. The standard InChI is InChI=1S/C27H30N2O5/c1-4-7-16-23(24(30)29-27(5-2,6-3)25(31)32)28-26(33)34-17-22-20-14-10-8-12-18(20)19-13-9-11-15-21(19)22/h8-15,22-23H,5-6,16-17H2,1-3H3,(H,28,33)(H,29,30)(H,31,32). The van der Waals surface area contributed by atoms with Crippen molar-refractivity contribution in [3.05, 3.63) is 59.7 Å². The molecule has 0 radical (unpaired) electrons. The third-order valence-corrected chi connectivity index (χ3v) is 6.41. The first-order valence-corrected chi connectivity index (χ1v) is 11.4. The van der Waals surface area contributed by atoms with E-state index in [9.17, 15) is 19.5 Å². The first-order valence-electron chi connectivity index (χ1n) is 11.4. The molecule has 7 nitrogen and oxygen atoms in total. The van der Waals surface area contributed by atoms with Crippen molar-refractivity contribution in [2.24, 2.45) is 0 Å². The number of hydrogen-bond acceptors (Lipinski definition) is 4. The summed E-state index contributed by atoms with van der Waals surface area (Å²) in [6, 6.07) is 15.0. The lowest BCUT2D eigenvalue weighted by atomic mass is 9.92. The molecule has 34 heavy (non-hydrogen) atoms. The van der Waals surface area contributed by atoms with E-state index in [-0.39, 0.29) is 31.8 Å². The molecule has 178 valence electrons. The van der Waals surface area contributed by atoms with Crippen LogP contribution in [0.3, 0.4) is 0 Å². The molecule has 0 bridgehead atoms. The van der Waals surface area contributed by atoms with Crippen molar-refractivity contribution in [2.75, 3.05) is 6.61 Å². The van der Waals surface area contributed by atoms with Crippen molar-refractivity contribution in [3.63, 3.8) is 0 Å². The molecule has 0 heterocycles. The highest BCUT2D eigenvalue weighted by Crippen LogP contribution is 2.44. The Morgan fingerprint density at radius 1 is 1.03 bits per heavy atom. The highest BCUT2D eigenvalue weighted by molar-refractivity contribution is 5.91. The molecule has 0 saturated heterocycles. The second-order valence-corrected chi connectivity index (χ2v) is 8.24. The first kappa shape index (κ1) is 24.8. The number of amides is 2. The number of rotatable bonds is 9. The molecule has 1 aliphatic carbocycles. The second-order valence-electron chi connectivity index (χ2n) is 8.24. The Balaban J connectivity index is 1.70. The van der Waals surface area contributed by atoms with E-state index in [4.69, 9.17) is 4.74 Å². The Kier molecular flexibility index (Phi) is 7.95. The van der Waals surface area contributed by atoms with Crippen LogP contribution in [0.1, 0.15) is 57.1 Å². The Morgan fingerprint density at radius 2 is 1.59 bits per heavy atom. The van der Waals surface area contributed by atoms with Gasteiger partial charge < -0.3 is 20.5 Å². The number of carbonyl (C=O) groups is 3. The van der Waals surface area contributed by atoms with Gasteiger partial charge in [-0.05, 0) is 42.0 Å². The summed E-state index contributed by atoms with van der Waals surface area (Å²) in [6.45, 7) is 5.12. The zero-order valence-corrected chi connectivity index (χ0v) is 19.7. The summed E-state index contributed by atoms with van der Waals surface area (Å²) in [6.07, 6.45) is -0.298. The van der Waals surface area contributed by atoms with Gasteiger partial charge in [-0.2, -0.15) is 0 Å². The molecular weight excluding hydrogens is 432 g/mol. The lowest BCUT2D eigenvalue weighted by Crippen LogP contribution is -2.58. The molecule has 2 aromatic carbocycles. The number of nitrogens with one attached hydrogen (secondary N) is 2. The minimum absolute atomic E-state index is 0.0374. The summed E-state index contributed by atoms with van der Waals surface area (Å²) < 4.78 is 5.54. The number of aliphatic carboxylic acids is 1. The second kappa shape index (κ2) is 10.9. The van der Waals surface area contributed by atoms with Gasteiger partial charge in [-0.25, -0.2) is 9.59 Å². The molecule has 0 fully saturated rings.